The van der Waals surface area contributed by atoms with Gasteiger partial charge in [0.25, 0.3) is 0 Å². The highest BCUT2D eigenvalue weighted by Crippen LogP contribution is 2.42. The number of methoxy groups -OCH3 is 1. The van der Waals surface area contributed by atoms with Crippen LogP contribution in [-0.4, -0.2) is 21.6 Å². The molecular weight excluding hydrogens is 695 g/mol. The van der Waals surface area contributed by atoms with Crippen molar-refractivity contribution in [3.63, 3.8) is 0 Å². The van der Waals surface area contributed by atoms with Gasteiger partial charge >= 0.3 is 0 Å². The molecule has 0 unspecified atom stereocenters. The molecule has 0 spiro atoms. The minimum Gasteiger partial charge on any atom is -0.496 e. The van der Waals surface area contributed by atoms with Crippen LogP contribution in [0.2, 0.25) is 0 Å². The number of nitrogens with zero attached hydrogens (tertiary/aromatic N) is 3. The van der Waals surface area contributed by atoms with Gasteiger partial charge in [-0.05, 0) is 123 Å². The van der Waals surface area contributed by atoms with Crippen LogP contribution in [0.3, 0.4) is 0 Å². The second-order valence-corrected chi connectivity index (χ2v) is 16.7. The Kier molecular flexibility index (Phi) is 7.48. The van der Waals surface area contributed by atoms with Gasteiger partial charge in [-0.1, -0.05) is 132 Å². The van der Waals surface area contributed by atoms with Crippen LogP contribution in [0.25, 0.3) is 72.7 Å². The van der Waals surface area contributed by atoms with E-state index in [9.17, 15) is 1.37 Å². The molecule has 0 amide bonds. The second kappa shape index (κ2) is 14.7. The van der Waals surface area contributed by atoms with E-state index >= 15 is 0 Å². The lowest BCUT2D eigenvalue weighted by molar-refractivity contribution is 0.413. The molecule has 0 aliphatic carbocycles. The van der Waals surface area contributed by atoms with Gasteiger partial charge in [0, 0.05) is 23.0 Å². The van der Waals surface area contributed by atoms with Crippen LogP contribution in [0, 0.1) is 13.8 Å². The van der Waals surface area contributed by atoms with Crippen LogP contribution in [-0.2, 0) is 10.8 Å². The summed E-state index contributed by atoms with van der Waals surface area (Å²) >= 11 is 0. The van der Waals surface area contributed by atoms with Crippen LogP contribution in [0.1, 0.15) is 74.8 Å². The normalized spacial score (nSPS) is 13.9. The zero-order chi connectivity index (χ0) is 47.0. The van der Waals surface area contributed by atoms with Gasteiger partial charge in [0.2, 0.25) is 0 Å². The third-order valence-electron chi connectivity index (χ3n) is 10.4. The first-order valence-electron chi connectivity index (χ1n) is 23.2. The minimum atomic E-state index is -0.589. The van der Waals surface area contributed by atoms with Crippen LogP contribution in [0.4, 0.5) is 0 Å². The van der Waals surface area contributed by atoms with E-state index in [0.717, 1.165) is 61.3 Å². The number of imidazole rings is 1. The van der Waals surface area contributed by atoms with E-state index in [1.165, 1.54) is 0 Å². The molecule has 4 heteroatoms. The molecule has 0 saturated carbocycles. The maximum absolute atomic E-state index is 9.49. The number of aryl methyl sites for hydroxylation is 2. The van der Waals surface area contributed by atoms with Gasteiger partial charge in [0.15, 0.2) is 0 Å². The van der Waals surface area contributed by atoms with Gasteiger partial charge in [-0.15, -0.1) is 0 Å². The molecule has 0 fully saturated rings. The average Bonchev–Trinajstić information content (AvgIpc) is 3.66. The number of rotatable bonds is 7. The van der Waals surface area contributed by atoms with Crippen molar-refractivity contribution in [3.05, 3.63) is 168 Å². The van der Waals surface area contributed by atoms with Gasteiger partial charge in [0.05, 0.1) is 40.4 Å². The summed E-state index contributed by atoms with van der Waals surface area (Å²) < 4.78 is 77.7. The van der Waals surface area contributed by atoms with Gasteiger partial charge in [-0.3, -0.25) is 9.55 Å². The number of ether oxygens (including phenoxy) is 1. The van der Waals surface area contributed by atoms with Gasteiger partial charge in [-0.2, -0.15) is 0 Å². The molecule has 0 radical (unpaired) electrons. The lowest BCUT2D eigenvalue weighted by Crippen LogP contribution is -2.12. The first kappa shape index (κ1) is 29.0. The van der Waals surface area contributed by atoms with Gasteiger partial charge in [0.1, 0.15) is 11.6 Å². The minimum absolute atomic E-state index is 0.0472. The molecule has 2 heterocycles. The third kappa shape index (κ3) is 7.40. The Morgan fingerprint density at radius 1 is 0.614 bits per heavy atom. The van der Waals surface area contributed by atoms with Gasteiger partial charge < -0.3 is 4.74 Å². The Bertz CT molecular complexity index is 3190. The van der Waals surface area contributed by atoms with E-state index in [-0.39, 0.29) is 28.3 Å². The number of hydrogen-bond donors (Lipinski definition) is 0. The van der Waals surface area contributed by atoms with Crippen LogP contribution in [0.15, 0.2) is 146 Å². The Balaban J connectivity index is 1.45. The van der Waals surface area contributed by atoms with Crippen molar-refractivity contribution in [1.29, 1.82) is 0 Å². The molecule has 6 aromatic carbocycles. The van der Waals surface area contributed by atoms with Crippen LogP contribution in [0.5, 0.6) is 5.75 Å². The molecule has 4 nitrogen and oxygen atoms in total. The van der Waals surface area contributed by atoms with E-state index < -0.39 is 47.8 Å². The SMILES string of the molecule is [2H]c1nc(-c2cc(-c3cccc4c3nc(-c3cc(C)cc(C)c3OC)n4-c3cc(-c4ccccc4)cc(C(C)(C)C)c3)cc(C(C)(C)C)c2)c([2H])c(-c2c([2H])c([2H])c([2H])c([2H])c2[2H])c1[2H]. The predicted octanol–water partition coefficient (Wildman–Crippen LogP) is 14.0. The second-order valence-electron chi connectivity index (χ2n) is 16.7. The molecule has 0 N–H and O–H groups in total. The first-order valence-corrected chi connectivity index (χ1v) is 19.2. The molecule has 0 atom stereocenters. The number of benzene rings is 6. The van der Waals surface area contributed by atoms with Crippen molar-refractivity contribution in [2.45, 2.75) is 66.2 Å². The molecule has 0 aliphatic rings. The molecule has 0 bridgehead atoms. The fourth-order valence-corrected chi connectivity index (χ4v) is 7.44. The van der Waals surface area contributed by atoms with Gasteiger partial charge in [-0.25, -0.2) is 4.98 Å². The Morgan fingerprint density at radius 3 is 2.04 bits per heavy atom. The molecule has 8 rings (SSSR count). The summed E-state index contributed by atoms with van der Waals surface area (Å²) in [7, 11) is 1.68. The first-order chi connectivity index (χ1) is 30.6. The maximum atomic E-state index is 9.49. The van der Waals surface area contributed by atoms with Crippen molar-refractivity contribution in [1.82, 2.24) is 14.5 Å². The van der Waals surface area contributed by atoms with E-state index in [0.29, 0.717) is 22.7 Å². The highest BCUT2D eigenvalue weighted by atomic mass is 16.5. The summed E-state index contributed by atoms with van der Waals surface area (Å²) in [4.78, 5) is 10.0. The topological polar surface area (TPSA) is 39.9 Å². The molecule has 0 saturated heterocycles. The summed E-state index contributed by atoms with van der Waals surface area (Å²) in [5, 5.41) is 0. The van der Waals surface area contributed by atoms with Crippen molar-refractivity contribution >= 4 is 11.0 Å². The number of aromatic nitrogens is 3. The fraction of sp³-hybridized carbons (Fsp3) is 0.208. The molecule has 8 aromatic rings. The maximum Gasteiger partial charge on any atom is 0.149 e. The summed E-state index contributed by atoms with van der Waals surface area (Å²) in [5.74, 6) is 1.41. The number of para-hydroxylation sites is 1. The molecule has 57 heavy (non-hydrogen) atoms. The smallest absolute Gasteiger partial charge is 0.149 e. The average molecular weight is 754 g/mol. The molecule has 284 valence electrons. The summed E-state index contributed by atoms with van der Waals surface area (Å²) in [6.45, 7) is 17.0. The van der Waals surface area contributed by atoms with Crippen LogP contribution >= 0.6 is 0 Å². The molecule has 0 aliphatic heterocycles. The number of fused-ring (bicyclic) bond motifs is 1. The molecular formula is C53H51N3O. The van der Waals surface area contributed by atoms with E-state index in [1.807, 2.05) is 49.4 Å². The fourth-order valence-electron chi connectivity index (χ4n) is 7.44. The van der Waals surface area contributed by atoms with E-state index in [4.69, 9.17) is 19.3 Å². The zero-order valence-electron chi connectivity index (χ0n) is 42.0. The van der Waals surface area contributed by atoms with Crippen LogP contribution < -0.4 is 4.74 Å². The highest BCUT2D eigenvalue weighted by Gasteiger charge is 2.25. The largest absolute Gasteiger partial charge is 0.496 e. The lowest BCUT2D eigenvalue weighted by Gasteiger charge is -2.23. The third-order valence-corrected chi connectivity index (χ3v) is 10.4. The Morgan fingerprint density at radius 2 is 1.32 bits per heavy atom. The number of hydrogen-bond acceptors (Lipinski definition) is 3. The highest BCUT2D eigenvalue weighted by molar-refractivity contribution is 5.97. The summed E-state index contributed by atoms with van der Waals surface area (Å²) in [5.41, 5.74) is 10.5. The van der Waals surface area contributed by atoms with E-state index in [2.05, 4.69) is 113 Å². The monoisotopic (exact) mass is 753 g/mol. The number of pyridine rings is 1. The van der Waals surface area contributed by atoms with Crippen molar-refractivity contribution in [3.8, 4) is 67.5 Å². The zero-order valence-corrected chi connectivity index (χ0v) is 34.0. The lowest BCUT2D eigenvalue weighted by atomic mass is 9.83. The van der Waals surface area contributed by atoms with Crippen molar-refractivity contribution in [2.75, 3.05) is 7.11 Å². The quantitative estimate of drug-likeness (QED) is 0.163. The van der Waals surface area contributed by atoms with E-state index in [1.54, 1.807) is 7.11 Å². The standard InChI is InChI=1S/C53H51N3O/c1-34-25-35(2)50(57-9)46(26-34)51-55-49-45(21-16-22-48(49)56(51)44-31-39(37-19-14-11-15-20-37)28-43(33-44)53(6,7)8)40-27-41(30-42(29-40)52(3,4)5)47-32-38(23-24-54-47)36-17-12-10-13-18-36/h10-33H,1-9H3/i10D,12D,13D,17D,18D,23D,24D,32D. The molecule has 2 aromatic heterocycles. The predicted molar refractivity (Wildman–Crippen MR) is 239 cm³/mol. The van der Waals surface area contributed by atoms with Crippen molar-refractivity contribution < 1.29 is 15.7 Å². The Hall–Kier alpha value is -6.26. The summed E-state index contributed by atoms with van der Waals surface area (Å²) in [6.07, 6.45) is -0.485. The Labute approximate surface area is 349 Å². The summed E-state index contributed by atoms with van der Waals surface area (Å²) in [6, 6.07) is 29.6. The van der Waals surface area contributed by atoms with Crippen molar-refractivity contribution in [2.24, 2.45) is 0 Å².